The van der Waals surface area contributed by atoms with Crippen molar-refractivity contribution in [1.82, 2.24) is 4.31 Å². The van der Waals surface area contributed by atoms with Gasteiger partial charge in [0.25, 0.3) is 0 Å². The average molecular weight is 345 g/mol. The highest BCUT2D eigenvalue weighted by atomic mass is 32.2. The zero-order valence-corrected chi connectivity index (χ0v) is 14.1. The quantitative estimate of drug-likeness (QED) is 0.884. The standard InChI is InChI=1S/C15H20FNO5S/c1-4-23(20,21)17(9-14(18)19)12-8-15(2,3)22-13-6-5-10(16)7-11(12)13/h5-7,12H,4,8-9H2,1-3H3,(H,18,19). The number of hydrogen-bond acceptors (Lipinski definition) is 4. The van der Waals surface area contributed by atoms with Crippen LogP contribution in [0.4, 0.5) is 4.39 Å². The van der Waals surface area contributed by atoms with Crippen LogP contribution in [-0.4, -0.2) is 41.7 Å². The molecule has 128 valence electrons. The zero-order valence-electron chi connectivity index (χ0n) is 13.2. The van der Waals surface area contributed by atoms with Gasteiger partial charge in [-0.05, 0) is 39.0 Å². The largest absolute Gasteiger partial charge is 0.487 e. The van der Waals surface area contributed by atoms with Crippen LogP contribution in [0.5, 0.6) is 5.75 Å². The molecule has 0 saturated carbocycles. The van der Waals surface area contributed by atoms with Gasteiger partial charge in [-0.25, -0.2) is 12.8 Å². The second kappa shape index (κ2) is 6.09. The number of fused-ring (bicyclic) bond motifs is 1. The lowest BCUT2D eigenvalue weighted by molar-refractivity contribution is -0.137. The number of carboxylic acids is 1. The van der Waals surface area contributed by atoms with Crippen LogP contribution >= 0.6 is 0 Å². The highest BCUT2D eigenvalue weighted by Crippen LogP contribution is 2.43. The summed E-state index contributed by atoms with van der Waals surface area (Å²) >= 11 is 0. The van der Waals surface area contributed by atoms with Gasteiger partial charge in [0.2, 0.25) is 10.0 Å². The number of carboxylic acid groups (broad SMARTS) is 1. The minimum atomic E-state index is -3.79. The van der Waals surface area contributed by atoms with Crippen molar-refractivity contribution in [2.24, 2.45) is 0 Å². The Kier molecular flexibility index (Phi) is 4.68. The number of aliphatic carboxylic acids is 1. The fraction of sp³-hybridized carbons (Fsp3) is 0.533. The van der Waals surface area contributed by atoms with Crippen molar-refractivity contribution in [3.05, 3.63) is 29.6 Å². The van der Waals surface area contributed by atoms with Crippen molar-refractivity contribution in [1.29, 1.82) is 0 Å². The Morgan fingerprint density at radius 2 is 2.13 bits per heavy atom. The minimum Gasteiger partial charge on any atom is -0.487 e. The summed E-state index contributed by atoms with van der Waals surface area (Å²) in [5.41, 5.74) is -0.349. The first-order valence-electron chi connectivity index (χ1n) is 7.25. The zero-order chi connectivity index (χ0) is 17.4. The molecule has 1 aliphatic heterocycles. The molecule has 1 unspecified atom stereocenters. The van der Waals surface area contributed by atoms with Crippen LogP contribution in [-0.2, 0) is 14.8 Å². The van der Waals surface area contributed by atoms with Crippen LogP contribution in [0.1, 0.15) is 38.8 Å². The molecule has 1 atom stereocenters. The van der Waals surface area contributed by atoms with Crippen LogP contribution < -0.4 is 4.74 Å². The van der Waals surface area contributed by atoms with E-state index in [0.717, 1.165) is 4.31 Å². The van der Waals surface area contributed by atoms with E-state index in [1.165, 1.54) is 25.1 Å². The fourth-order valence-corrected chi connectivity index (χ4v) is 3.96. The molecule has 8 heteroatoms. The van der Waals surface area contributed by atoms with Gasteiger partial charge in [-0.15, -0.1) is 0 Å². The Morgan fingerprint density at radius 1 is 1.48 bits per heavy atom. The van der Waals surface area contributed by atoms with E-state index in [0.29, 0.717) is 11.3 Å². The molecule has 0 fully saturated rings. The third-order valence-electron chi connectivity index (χ3n) is 3.76. The van der Waals surface area contributed by atoms with Crippen molar-refractivity contribution in [2.75, 3.05) is 12.3 Å². The first-order chi connectivity index (χ1) is 10.6. The normalized spacial score (nSPS) is 20.0. The smallest absolute Gasteiger partial charge is 0.318 e. The number of benzene rings is 1. The first-order valence-corrected chi connectivity index (χ1v) is 8.86. The van der Waals surface area contributed by atoms with Crippen LogP contribution in [0.2, 0.25) is 0 Å². The maximum atomic E-state index is 13.6. The third kappa shape index (κ3) is 3.81. The summed E-state index contributed by atoms with van der Waals surface area (Å²) in [6.45, 7) is 4.33. The van der Waals surface area contributed by atoms with Gasteiger partial charge in [0.15, 0.2) is 0 Å². The van der Waals surface area contributed by atoms with Gasteiger partial charge >= 0.3 is 5.97 Å². The summed E-state index contributed by atoms with van der Waals surface area (Å²) in [5.74, 6) is -1.65. The van der Waals surface area contributed by atoms with E-state index in [4.69, 9.17) is 9.84 Å². The number of halogens is 1. The van der Waals surface area contributed by atoms with Crippen LogP contribution in [0, 0.1) is 5.82 Å². The molecule has 0 aromatic heterocycles. The Hall–Kier alpha value is -1.67. The topological polar surface area (TPSA) is 83.9 Å². The molecule has 23 heavy (non-hydrogen) atoms. The van der Waals surface area contributed by atoms with E-state index in [2.05, 4.69) is 0 Å². The van der Waals surface area contributed by atoms with Gasteiger partial charge in [-0.2, -0.15) is 4.31 Å². The number of ether oxygens (including phenoxy) is 1. The Bertz CT molecular complexity index is 717. The summed E-state index contributed by atoms with van der Waals surface area (Å²) in [7, 11) is -3.79. The number of rotatable bonds is 5. The third-order valence-corrected chi connectivity index (χ3v) is 5.59. The van der Waals surface area contributed by atoms with Crippen LogP contribution in [0.3, 0.4) is 0 Å². The highest BCUT2D eigenvalue weighted by molar-refractivity contribution is 7.89. The van der Waals surface area contributed by atoms with E-state index in [9.17, 15) is 17.6 Å². The summed E-state index contributed by atoms with van der Waals surface area (Å²) < 4.78 is 45.1. The average Bonchev–Trinajstić information content (AvgIpc) is 2.43. The molecule has 0 saturated heterocycles. The molecular formula is C15H20FNO5S. The summed E-state index contributed by atoms with van der Waals surface area (Å²) in [4.78, 5) is 11.1. The van der Waals surface area contributed by atoms with Gasteiger partial charge in [0.05, 0.1) is 11.8 Å². The maximum absolute atomic E-state index is 13.6. The minimum absolute atomic E-state index is 0.232. The molecule has 1 aliphatic rings. The molecule has 6 nitrogen and oxygen atoms in total. The Morgan fingerprint density at radius 3 is 2.70 bits per heavy atom. The predicted octanol–water partition coefficient (Wildman–Crippen LogP) is 2.16. The fourth-order valence-electron chi connectivity index (χ4n) is 2.75. The lowest BCUT2D eigenvalue weighted by Gasteiger charge is -2.41. The summed E-state index contributed by atoms with van der Waals surface area (Å²) in [6.07, 6.45) is 0.232. The van der Waals surface area contributed by atoms with Gasteiger partial charge < -0.3 is 9.84 Å². The molecule has 2 rings (SSSR count). The molecule has 1 aromatic rings. The number of sulfonamides is 1. The van der Waals surface area contributed by atoms with Crippen molar-refractivity contribution < 1.29 is 27.4 Å². The molecule has 1 N–H and O–H groups in total. The van der Waals surface area contributed by atoms with Gasteiger partial charge in [0, 0.05) is 12.0 Å². The van der Waals surface area contributed by atoms with Crippen molar-refractivity contribution in [3.63, 3.8) is 0 Å². The molecule has 1 aromatic carbocycles. The predicted molar refractivity (Wildman–Crippen MR) is 82.3 cm³/mol. The van der Waals surface area contributed by atoms with Gasteiger partial charge in [-0.3, -0.25) is 4.79 Å². The lowest BCUT2D eigenvalue weighted by Crippen LogP contribution is -2.46. The Labute approximate surface area is 134 Å². The molecule has 0 radical (unpaired) electrons. The second-order valence-corrected chi connectivity index (χ2v) is 8.31. The number of carbonyl (C=O) groups is 1. The molecule has 1 heterocycles. The second-order valence-electron chi connectivity index (χ2n) is 6.10. The maximum Gasteiger partial charge on any atom is 0.318 e. The molecule has 0 bridgehead atoms. The number of nitrogens with zero attached hydrogens (tertiary/aromatic N) is 1. The summed E-state index contributed by atoms with van der Waals surface area (Å²) in [6, 6.07) is 3.09. The molecule has 0 spiro atoms. The van der Waals surface area contributed by atoms with E-state index in [-0.39, 0.29) is 12.2 Å². The Balaban J connectivity index is 2.58. The van der Waals surface area contributed by atoms with Crippen molar-refractivity contribution in [2.45, 2.75) is 38.8 Å². The molecular weight excluding hydrogens is 325 g/mol. The van der Waals surface area contributed by atoms with E-state index >= 15 is 0 Å². The SMILES string of the molecule is CCS(=O)(=O)N(CC(=O)O)C1CC(C)(C)Oc2ccc(F)cc21. The first kappa shape index (κ1) is 17.7. The monoisotopic (exact) mass is 345 g/mol. The molecule has 0 amide bonds. The van der Waals surface area contributed by atoms with Crippen molar-refractivity contribution >= 4 is 16.0 Å². The van der Waals surface area contributed by atoms with Crippen molar-refractivity contribution in [3.8, 4) is 5.75 Å². The van der Waals surface area contributed by atoms with Crippen LogP contribution in [0.15, 0.2) is 18.2 Å². The highest BCUT2D eigenvalue weighted by Gasteiger charge is 2.41. The van der Waals surface area contributed by atoms with E-state index < -0.39 is 40.0 Å². The van der Waals surface area contributed by atoms with Gasteiger partial charge in [0.1, 0.15) is 23.7 Å². The molecule has 0 aliphatic carbocycles. The lowest BCUT2D eigenvalue weighted by atomic mass is 9.89. The van der Waals surface area contributed by atoms with E-state index in [1.807, 2.05) is 0 Å². The van der Waals surface area contributed by atoms with Crippen LogP contribution in [0.25, 0.3) is 0 Å². The van der Waals surface area contributed by atoms with Gasteiger partial charge in [-0.1, -0.05) is 0 Å². The van der Waals surface area contributed by atoms with E-state index in [1.54, 1.807) is 13.8 Å². The number of hydrogen-bond donors (Lipinski definition) is 1. The summed E-state index contributed by atoms with van der Waals surface area (Å²) in [5, 5.41) is 9.09.